The molecule has 1 nitrogen and oxygen atoms in total. The molecule has 0 aliphatic rings. The third kappa shape index (κ3) is 2.76. The Morgan fingerprint density at radius 1 is 1.43 bits per heavy atom. The third-order valence-electron chi connectivity index (χ3n) is 1.63. The summed E-state index contributed by atoms with van der Waals surface area (Å²) in [6.07, 6.45) is 0.229. The lowest BCUT2D eigenvalue weighted by molar-refractivity contribution is 0.627. The van der Waals surface area contributed by atoms with Crippen molar-refractivity contribution in [3.63, 3.8) is 0 Å². The molecular weight excluding hydrogens is 201 g/mol. The zero-order valence-corrected chi connectivity index (χ0v) is 8.11. The van der Waals surface area contributed by atoms with Gasteiger partial charge >= 0.3 is 0 Å². The molecule has 1 aromatic rings. The lowest BCUT2D eigenvalue weighted by atomic mass is 10.1. The van der Waals surface area contributed by atoms with Crippen LogP contribution in [0.5, 0.6) is 0 Å². The van der Waals surface area contributed by atoms with E-state index >= 15 is 0 Å². The highest BCUT2D eigenvalue weighted by Crippen LogP contribution is 2.10. The Balaban J connectivity index is 3.10. The highest BCUT2D eigenvalue weighted by molar-refractivity contribution is 6.19. The summed E-state index contributed by atoms with van der Waals surface area (Å²) in [6.45, 7) is 0. The lowest BCUT2D eigenvalue weighted by Gasteiger charge is -1.98. The number of hydrogen-bond donors (Lipinski definition) is 0. The van der Waals surface area contributed by atoms with E-state index in [1.54, 1.807) is 6.07 Å². The average Bonchev–Trinajstić information content (AvgIpc) is 2.18. The second-order valence-corrected chi connectivity index (χ2v) is 2.84. The van der Waals surface area contributed by atoms with Gasteiger partial charge in [0.2, 0.25) is 0 Å². The maximum atomic E-state index is 12.8. The van der Waals surface area contributed by atoms with Crippen LogP contribution in [0.1, 0.15) is 11.1 Å². The fourth-order valence-electron chi connectivity index (χ4n) is 1.03. The molecule has 0 aliphatic carbocycles. The normalized spacial score (nSPS) is 8.64. The van der Waals surface area contributed by atoms with Crippen LogP contribution in [-0.2, 0) is 6.42 Å². The van der Waals surface area contributed by atoms with Crippen LogP contribution in [0, 0.1) is 29.0 Å². The van der Waals surface area contributed by atoms with Crippen molar-refractivity contribution in [2.45, 2.75) is 6.42 Å². The number of halogens is 2. The van der Waals surface area contributed by atoms with Gasteiger partial charge in [-0.15, -0.1) is 11.6 Å². The molecule has 1 aromatic carbocycles. The molecule has 0 aliphatic heterocycles. The van der Waals surface area contributed by atoms with Crippen LogP contribution in [0.2, 0.25) is 0 Å². The van der Waals surface area contributed by atoms with Crippen LogP contribution in [0.15, 0.2) is 18.2 Å². The summed E-state index contributed by atoms with van der Waals surface area (Å²) in [5.41, 5.74) is 1.26. The van der Waals surface area contributed by atoms with Gasteiger partial charge in [0.1, 0.15) is 5.82 Å². The number of nitriles is 1. The molecule has 0 aromatic heterocycles. The SMILES string of the molecule is N#CCc1ccc(F)cc1C#CCCl. The second-order valence-electron chi connectivity index (χ2n) is 2.57. The summed E-state index contributed by atoms with van der Waals surface area (Å²) in [5.74, 6) is 5.19. The Morgan fingerprint density at radius 3 is 2.86 bits per heavy atom. The highest BCUT2D eigenvalue weighted by atomic mass is 35.5. The topological polar surface area (TPSA) is 23.8 Å². The van der Waals surface area contributed by atoms with E-state index in [1.807, 2.05) is 6.07 Å². The van der Waals surface area contributed by atoms with Gasteiger partial charge in [-0.05, 0) is 17.7 Å². The van der Waals surface area contributed by atoms with Crippen LogP contribution in [0.3, 0.4) is 0 Å². The third-order valence-corrected chi connectivity index (χ3v) is 1.76. The van der Waals surface area contributed by atoms with E-state index in [-0.39, 0.29) is 18.1 Å². The number of benzene rings is 1. The molecule has 70 valence electrons. The van der Waals surface area contributed by atoms with E-state index in [9.17, 15) is 4.39 Å². The van der Waals surface area contributed by atoms with Crippen molar-refractivity contribution in [3.8, 4) is 17.9 Å². The van der Waals surface area contributed by atoms with Crippen molar-refractivity contribution in [2.24, 2.45) is 0 Å². The van der Waals surface area contributed by atoms with Gasteiger partial charge in [-0.1, -0.05) is 17.9 Å². The molecule has 14 heavy (non-hydrogen) atoms. The van der Waals surface area contributed by atoms with Gasteiger partial charge in [-0.25, -0.2) is 4.39 Å². The fraction of sp³-hybridized carbons (Fsp3) is 0.182. The van der Waals surface area contributed by atoms with Crippen molar-refractivity contribution in [1.82, 2.24) is 0 Å². The standard InChI is InChI=1S/C11H7ClFN/c12-6-1-2-10-8-11(13)4-3-9(10)5-7-14/h3-4,8H,5-6H2. The van der Waals surface area contributed by atoms with E-state index < -0.39 is 0 Å². The Kier molecular flexibility index (Phi) is 3.98. The maximum Gasteiger partial charge on any atom is 0.124 e. The first-order valence-electron chi connectivity index (χ1n) is 3.98. The molecule has 0 heterocycles. The minimum atomic E-state index is -0.356. The number of nitrogens with zero attached hydrogens (tertiary/aromatic N) is 1. The van der Waals surface area contributed by atoms with Gasteiger partial charge in [-0.2, -0.15) is 5.26 Å². The number of alkyl halides is 1. The summed E-state index contributed by atoms with van der Waals surface area (Å²) >= 11 is 5.39. The largest absolute Gasteiger partial charge is 0.207 e. The molecule has 0 bridgehead atoms. The van der Waals surface area contributed by atoms with Crippen LogP contribution >= 0.6 is 11.6 Å². The quantitative estimate of drug-likeness (QED) is 0.513. The predicted octanol–water partition coefficient (Wildman–Crippen LogP) is 2.48. The van der Waals surface area contributed by atoms with Crippen LogP contribution in [0.4, 0.5) is 4.39 Å². The molecule has 0 saturated carbocycles. The molecule has 0 N–H and O–H groups in total. The molecule has 0 spiro atoms. The van der Waals surface area contributed by atoms with Gasteiger partial charge < -0.3 is 0 Å². The number of hydrogen-bond acceptors (Lipinski definition) is 1. The summed E-state index contributed by atoms with van der Waals surface area (Å²) in [4.78, 5) is 0. The summed E-state index contributed by atoms with van der Waals surface area (Å²) < 4.78 is 12.8. The Hall–Kier alpha value is -1.51. The van der Waals surface area contributed by atoms with E-state index in [0.29, 0.717) is 5.56 Å². The maximum absolute atomic E-state index is 12.8. The van der Waals surface area contributed by atoms with Gasteiger partial charge in [0, 0.05) is 5.56 Å². The molecule has 1 rings (SSSR count). The van der Waals surface area contributed by atoms with Crippen LogP contribution in [0.25, 0.3) is 0 Å². The zero-order chi connectivity index (χ0) is 10.4. The molecule has 3 heteroatoms. The molecule has 0 unspecified atom stereocenters. The first kappa shape index (κ1) is 10.6. The van der Waals surface area contributed by atoms with E-state index in [2.05, 4.69) is 11.8 Å². The van der Waals surface area contributed by atoms with Crippen molar-refractivity contribution in [2.75, 3.05) is 5.88 Å². The molecule has 0 radical (unpaired) electrons. The Morgan fingerprint density at radius 2 is 2.21 bits per heavy atom. The minimum Gasteiger partial charge on any atom is -0.207 e. The van der Waals surface area contributed by atoms with E-state index in [0.717, 1.165) is 5.56 Å². The van der Waals surface area contributed by atoms with Gasteiger partial charge in [0.15, 0.2) is 0 Å². The van der Waals surface area contributed by atoms with Crippen LogP contribution in [-0.4, -0.2) is 5.88 Å². The molecular formula is C11H7ClFN. The Labute approximate surface area is 87.1 Å². The molecule has 0 atom stereocenters. The number of rotatable bonds is 1. The van der Waals surface area contributed by atoms with E-state index in [4.69, 9.17) is 16.9 Å². The van der Waals surface area contributed by atoms with Crippen molar-refractivity contribution in [3.05, 3.63) is 35.1 Å². The predicted molar refractivity (Wildman–Crippen MR) is 53.3 cm³/mol. The van der Waals surface area contributed by atoms with Crippen molar-refractivity contribution in [1.29, 1.82) is 5.26 Å². The van der Waals surface area contributed by atoms with Crippen molar-refractivity contribution < 1.29 is 4.39 Å². The monoisotopic (exact) mass is 207 g/mol. The minimum absolute atomic E-state index is 0.197. The summed E-state index contributed by atoms with van der Waals surface area (Å²) in [5, 5.41) is 8.52. The summed E-state index contributed by atoms with van der Waals surface area (Å²) in [6, 6.07) is 6.19. The van der Waals surface area contributed by atoms with Gasteiger partial charge in [0.05, 0.1) is 18.4 Å². The van der Waals surface area contributed by atoms with Crippen molar-refractivity contribution >= 4 is 11.6 Å². The lowest BCUT2D eigenvalue weighted by Crippen LogP contribution is -1.89. The molecule has 0 amide bonds. The zero-order valence-electron chi connectivity index (χ0n) is 7.35. The highest BCUT2D eigenvalue weighted by Gasteiger charge is 2.00. The first-order chi connectivity index (χ1) is 6.77. The second kappa shape index (κ2) is 5.27. The molecule has 0 fully saturated rings. The fourth-order valence-corrected chi connectivity index (χ4v) is 1.10. The molecule has 0 saturated heterocycles. The van der Waals surface area contributed by atoms with Gasteiger partial charge in [-0.3, -0.25) is 0 Å². The van der Waals surface area contributed by atoms with E-state index in [1.165, 1.54) is 12.1 Å². The Bertz CT molecular complexity index is 423. The van der Waals surface area contributed by atoms with Crippen LogP contribution < -0.4 is 0 Å². The average molecular weight is 208 g/mol. The van der Waals surface area contributed by atoms with Gasteiger partial charge in [0.25, 0.3) is 0 Å². The smallest absolute Gasteiger partial charge is 0.124 e. The summed E-state index contributed by atoms with van der Waals surface area (Å²) in [7, 11) is 0. The first-order valence-corrected chi connectivity index (χ1v) is 4.51.